The summed E-state index contributed by atoms with van der Waals surface area (Å²) in [5.74, 6) is 0.803. The largest absolute Gasteiger partial charge is 0.338 e. The summed E-state index contributed by atoms with van der Waals surface area (Å²) in [6.07, 6.45) is 0. The van der Waals surface area contributed by atoms with E-state index in [4.69, 9.17) is 5.26 Å². The molecule has 0 saturated carbocycles. The van der Waals surface area contributed by atoms with Crippen LogP contribution in [0.25, 0.3) is 22.4 Å². The van der Waals surface area contributed by atoms with Gasteiger partial charge in [0, 0.05) is 5.56 Å². The van der Waals surface area contributed by atoms with Gasteiger partial charge in [0.15, 0.2) is 0 Å². The molecule has 3 nitrogen and oxygen atoms in total. The average Bonchev–Trinajstić information content (AvgIpc) is 2.82. The standard InChI is InChI=1S/C16H13N3/c1-10-6-14-15(7-11(10)2)19-16(18-14)13-5-3-4-12(8-13)9-17/h3-8H,1-2H3,(H,18,19). The smallest absolute Gasteiger partial charge is 0.138 e. The van der Waals surface area contributed by atoms with Crippen LogP contribution in [-0.2, 0) is 0 Å². The first-order valence-electron chi connectivity index (χ1n) is 6.15. The van der Waals surface area contributed by atoms with Crippen LogP contribution < -0.4 is 0 Å². The lowest BCUT2D eigenvalue weighted by atomic mass is 10.1. The number of nitrogens with one attached hydrogen (secondary N) is 1. The zero-order valence-corrected chi connectivity index (χ0v) is 10.9. The molecule has 0 fully saturated rings. The summed E-state index contributed by atoms with van der Waals surface area (Å²) in [7, 11) is 0. The lowest BCUT2D eigenvalue weighted by molar-refractivity contribution is 1.33. The Morgan fingerprint density at radius 3 is 2.68 bits per heavy atom. The quantitative estimate of drug-likeness (QED) is 0.712. The molecule has 3 aromatic rings. The van der Waals surface area contributed by atoms with Crippen LogP contribution in [0.4, 0.5) is 0 Å². The molecule has 92 valence electrons. The minimum atomic E-state index is 0.644. The van der Waals surface area contributed by atoms with Crippen molar-refractivity contribution >= 4 is 11.0 Å². The number of aromatic nitrogens is 2. The van der Waals surface area contributed by atoms with Crippen LogP contribution in [0.5, 0.6) is 0 Å². The summed E-state index contributed by atoms with van der Waals surface area (Å²) in [5.41, 5.74) is 6.04. The Hall–Kier alpha value is -2.60. The van der Waals surface area contributed by atoms with Gasteiger partial charge in [0.2, 0.25) is 0 Å². The SMILES string of the molecule is Cc1cc2nc(-c3cccc(C#N)c3)[nH]c2cc1C. The molecule has 0 unspecified atom stereocenters. The third-order valence-corrected chi connectivity index (χ3v) is 3.36. The summed E-state index contributed by atoms with van der Waals surface area (Å²) in [6.45, 7) is 4.17. The Labute approximate surface area is 111 Å². The number of nitriles is 1. The number of fused-ring (bicyclic) bond motifs is 1. The molecule has 3 rings (SSSR count). The predicted molar refractivity (Wildman–Crippen MR) is 75.7 cm³/mol. The highest BCUT2D eigenvalue weighted by atomic mass is 14.9. The van der Waals surface area contributed by atoms with Gasteiger partial charge >= 0.3 is 0 Å². The minimum Gasteiger partial charge on any atom is -0.338 e. The Morgan fingerprint density at radius 1 is 1.11 bits per heavy atom. The molecule has 0 spiro atoms. The summed E-state index contributed by atoms with van der Waals surface area (Å²) in [5, 5.41) is 8.94. The van der Waals surface area contributed by atoms with Crippen molar-refractivity contribution in [3.05, 3.63) is 53.1 Å². The van der Waals surface area contributed by atoms with Crippen molar-refractivity contribution in [1.82, 2.24) is 9.97 Å². The van der Waals surface area contributed by atoms with E-state index in [1.165, 1.54) is 11.1 Å². The number of hydrogen-bond donors (Lipinski definition) is 1. The van der Waals surface area contributed by atoms with Crippen molar-refractivity contribution in [2.24, 2.45) is 0 Å². The molecule has 0 amide bonds. The van der Waals surface area contributed by atoms with Crippen LogP contribution >= 0.6 is 0 Å². The zero-order chi connectivity index (χ0) is 13.4. The first-order valence-corrected chi connectivity index (χ1v) is 6.15. The van der Waals surface area contributed by atoms with E-state index in [1.807, 2.05) is 18.2 Å². The van der Waals surface area contributed by atoms with Crippen molar-refractivity contribution in [3.63, 3.8) is 0 Å². The fourth-order valence-corrected chi connectivity index (χ4v) is 2.14. The molecule has 0 aliphatic rings. The molecule has 0 bridgehead atoms. The number of rotatable bonds is 1. The molecule has 1 heterocycles. The minimum absolute atomic E-state index is 0.644. The third kappa shape index (κ3) is 1.98. The molecule has 3 heteroatoms. The van der Waals surface area contributed by atoms with Crippen LogP contribution in [0, 0.1) is 25.2 Å². The fourth-order valence-electron chi connectivity index (χ4n) is 2.14. The summed E-state index contributed by atoms with van der Waals surface area (Å²) >= 11 is 0. The van der Waals surface area contributed by atoms with Crippen LogP contribution in [0.3, 0.4) is 0 Å². The van der Waals surface area contributed by atoms with Crippen LogP contribution in [0.15, 0.2) is 36.4 Å². The van der Waals surface area contributed by atoms with Crippen LogP contribution in [0.2, 0.25) is 0 Å². The highest BCUT2D eigenvalue weighted by Gasteiger charge is 2.07. The van der Waals surface area contributed by atoms with E-state index in [-0.39, 0.29) is 0 Å². The molecule has 19 heavy (non-hydrogen) atoms. The molecular formula is C16H13N3. The molecule has 2 aromatic carbocycles. The maximum absolute atomic E-state index is 8.94. The highest BCUT2D eigenvalue weighted by Crippen LogP contribution is 2.23. The number of hydrogen-bond acceptors (Lipinski definition) is 2. The number of aryl methyl sites for hydroxylation is 2. The van der Waals surface area contributed by atoms with Crippen molar-refractivity contribution in [2.75, 3.05) is 0 Å². The monoisotopic (exact) mass is 247 g/mol. The lowest BCUT2D eigenvalue weighted by Gasteiger charge is -1.97. The van der Waals surface area contributed by atoms with E-state index >= 15 is 0 Å². The Balaban J connectivity index is 2.18. The van der Waals surface area contributed by atoms with Gasteiger partial charge in [-0.15, -0.1) is 0 Å². The summed E-state index contributed by atoms with van der Waals surface area (Å²) in [4.78, 5) is 7.91. The van der Waals surface area contributed by atoms with Crippen molar-refractivity contribution in [1.29, 1.82) is 5.26 Å². The fraction of sp³-hybridized carbons (Fsp3) is 0.125. The Kier molecular flexibility index (Phi) is 2.57. The van der Waals surface area contributed by atoms with E-state index in [1.54, 1.807) is 6.07 Å². The third-order valence-electron chi connectivity index (χ3n) is 3.36. The number of aromatic amines is 1. The van der Waals surface area contributed by atoms with Gasteiger partial charge in [-0.1, -0.05) is 12.1 Å². The van der Waals surface area contributed by atoms with Crippen LogP contribution in [0.1, 0.15) is 16.7 Å². The highest BCUT2D eigenvalue weighted by molar-refractivity contribution is 5.81. The number of H-pyrrole nitrogens is 1. The maximum atomic E-state index is 8.94. The van der Waals surface area contributed by atoms with E-state index in [9.17, 15) is 0 Å². The zero-order valence-electron chi connectivity index (χ0n) is 10.9. The van der Waals surface area contributed by atoms with Crippen molar-refractivity contribution in [3.8, 4) is 17.5 Å². The summed E-state index contributed by atoms with van der Waals surface area (Å²) < 4.78 is 0. The molecule has 0 aliphatic carbocycles. The van der Waals surface area contributed by atoms with E-state index in [0.29, 0.717) is 5.56 Å². The van der Waals surface area contributed by atoms with Gasteiger partial charge in [0.25, 0.3) is 0 Å². The number of imidazole rings is 1. The molecule has 1 N–H and O–H groups in total. The molecule has 0 radical (unpaired) electrons. The van der Waals surface area contributed by atoms with Gasteiger partial charge in [-0.05, 0) is 49.2 Å². The molecular weight excluding hydrogens is 234 g/mol. The van der Waals surface area contributed by atoms with Gasteiger partial charge in [0.1, 0.15) is 5.82 Å². The molecule has 0 aliphatic heterocycles. The van der Waals surface area contributed by atoms with E-state index in [2.05, 4.69) is 42.0 Å². The van der Waals surface area contributed by atoms with E-state index < -0.39 is 0 Å². The second-order valence-electron chi connectivity index (χ2n) is 4.73. The first-order chi connectivity index (χ1) is 9.17. The molecule has 0 saturated heterocycles. The van der Waals surface area contributed by atoms with Gasteiger partial charge in [-0.25, -0.2) is 4.98 Å². The van der Waals surface area contributed by atoms with E-state index in [0.717, 1.165) is 22.4 Å². The van der Waals surface area contributed by atoms with Crippen LogP contribution in [-0.4, -0.2) is 9.97 Å². The van der Waals surface area contributed by atoms with Gasteiger partial charge < -0.3 is 4.98 Å². The normalized spacial score (nSPS) is 10.6. The van der Waals surface area contributed by atoms with Gasteiger partial charge in [-0.3, -0.25) is 0 Å². The van der Waals surface area contributed by atoms with Crippen molar-refractivity contribution < 1.29 is 0 Å². The number of benzene rings is 2. The predicted octanol–water partition coefficient (Wildman–Crippen LogP) is 3.72. The van der Waals surface area contributed by atoms with Gasteiger partial charge in [0.05, 0.1) is 22.7 Å². The second-order valence-corrected chi connectivity index (χ2v) is 4.73. The van der Waals surface area contributed by atoms with Crippen molar-refractivity contribution in [2.45, 2.75) is 13.8 Å². The summed E-state index contributed by atoms with van der Waals surface area (Å²) in [6, 6.07) is 13.8. The average molecular weight is 247 g/mol. The second kappa shape index (κ2) is 4.25. The first kappa shape index (κ1) is 11.5. The van der Waals surface area contributed by atoms with Gasteiger partial charge in [-0.2, -0.15) is 5.26 Å². The molecule has 0 atom stereocenters. The Morgan fingerprint density at radius 2 is 1.89 bits per heavy atom. The molecule has 1 aromatic heterocycles. The Bertz CT molecular complexity index is 767. The topological polar surface area (TPSA) is 52.5 Å². The maximum Gasteiger partial charge on any atom is 0.138 e. The number of nitrogens with zero attached hydrogens (tertiary/aromatic N) is 2. The lowest BCUT2D eigenvalue weighted by Crippen LogP contribution is -1.81.